The van der Waals surface area contributed by atoms with Gasteiger partial charge in [0.2, 0.25) is 0 Å². The number of amidine groups is 1. The summed E-state index contributed by atoms with van der Waals surface area (Å²) in [4.78, 5) is 12.9. The van der Waals surface area contributed by atoms with Gasteiger partial charge in [0, 0.05) is 13.7 Å². The number of hydrogen-bond acceptors (Lipinski definition) is 3. The van der Waals surface area contributed by atoms with Crippen molar-refractivity contribution in [2.24, 2.45) is 0 Å². The fourth-order valence-corrected chi connectivity index (χ4v) is 2.03. The van der Waals surface area contributed by atoms with Crippen molar-refractivity contribution in [1.82, 2.24) is 10.2 Å². The molecule has 2 rings (SSSR count). The standard InChI is InChI=1S/C12H12F3N3O2/c1-20-3-2-18-10(11(16)17-12(18)19)6-4-7(13)9(15)8(14)5-6/h4-5,10H,2-3H2,1H3,(H2,16,17,19). The molecule has 8 heteroatoms. The molecular weight excluding hydrogens is 275 g/mol. The van der Waals surface area contributed by atoms with E-state index in [1.807, 2.05) is 0 Å². The zero-order valence-electron chi connectivity index (χ0n) is 10.5. The number of ether oxygens (including phenoxy) is 1. The van der Waals surface area contributed by atoms with Gasteiger partial charge in [-0.3, -0.25) is 10.7 Å². The van der Waals surface area contributed by atoms with Gasteiger partial charge in [-0.2, -0.15) is 0 Å². The van der Waals surface area contributed by atoms with Crippen LogP contribution in [0.3, 0.4) is 0 Å². The quantitative estimate of drug-likeness (QED) is 0.829. The molecule has 1 aromatic rings. The van der Waals surface area contributed by atoms with Gasteiger partial charge in [-0.1, -0.05) is 0 Å². The fourth-order valence-electron chi connectivity index (χ4n) is 2.03. The molecule has 1 heterocycles. The Kier molecular flexibility index (Phi) is 3.93. The number of methoxy groups -OCH3 is 1. The molecule has 1 unspecified atom stereocenters. The molecule has 0 aliphatic carbocycles. The highest BCUT2D eigenvalue weighted by molar-refractivity contribution is 6.06. The number of urea groups is 1. The van der Waals surface area contributed by atoms with Crippen molar-refractivity contribution in [3.05, 3.63) is 35.1 Å². The van der Waals surface area contributed by atoms with Crippen LogP contribution in [0, 0.1) is 22.9 Å². The summed E-state index contributed by atoms with van der Waals surface area (Å²) in [6.07, 6.45) is 0. The van der Waals surface area contributed by atoms with E-state index >= 15 is 0 Å². The first kappa shape index (κ1) is 14.3. The zero-order chi connectivity index (χ0) is 14.9. The molecule has 5 nitrogen and oxygen atoms in total. The van der Waals surface area contributed by atoms with Crippen LogP contribution >= 0.6 is 0 Å². The van der Waals surface area contributed by atoms with E-state index in [1.165, 1.54) is 12.0 Å². The van der Waals surface area contributed by atoms with Crippen LogP contribution in [0.25, 0.3) is 0 Å². The van der Waals surface area contributed by atoms with Gasteiger partial charge in [-0.05, 0) is 17.7 Å². The first-order valence-corrected chi connectivity index (χ1v) is 5.75. The van der Waals surface area contributed by atoms with Crippen LogP contribution in [0.1, 0.15) is 11.6 Å². The molecule has 1 aromatic carbocycles. The van der Waals surface area contributed by atoms with Gasteiger partial charge in [0.15, 0.2) is 17.5 Å². The molecule has 0 aromatic heterocycles. The first-order chi connectivity index (χ1) is 9.45. The summed E-state index contributed by atoms with van der Waals surface area (Å²) in [5.41, 5.74) is -0.0131. The number of carbonyl (C=O) groups excluding carboxylic acids is 1. The molecule has 1 fully saturated rings. The van der Waals surface area contributed by atoms with Crippen LogP contribution in [0.15, 0.2) is 12.1 Å². The van der Waals surface area contributed by atoms with Gasteiger partial charge in [0.25, 0.3) is 0 Å². The molecule has 2 N–H and O–H groups in total. The zero-order valence-corrected chi connectivity index (χ0v) is 10.5. The lowest BCUT2D eigenvalue weighted by atomic mass is 10.0. The van der Waals surface area contributed by atoms with E-state index in [0.29, 0.717) is 0 Å². The number of nitrogens with one attached hydrogen (secondary N) is 2. The van der Waals surface area contributed by atoms with Crippen LogP contribution in [0.4, 0.5) is 18.0 Å². The van der Waals surface area contributed by atoms with Crippen molar-refractivity contribution in [1.29, 1.82) is 5.41 Å². The molecule has 1 aliphatic rings. The van der Waals surface area contributed by atoms with Crippen LogP contribution in [0.2, 0.25) is 0 Å². The molecule has 2 amide bonds. The minimum Gasteiger partial charge on any atom is -0.383 e. The number of hydrogen-bond donors (Lipinski definition) is 2. The van der Waals surface area contributed by atoms with Crippen molar-refractivity contribution in [3.63, 3.8) is 0 Å². The van der Waals surface area contributed by atoms with E-state index in [9.17, 15) is 18.0 Å². The molecule has 0 bridgehead atoms. The highest BCUT2D eigenvalue weighted by Crippen LogP contribution is 2.28. The third-order valence-electron chi connectivity index (χ3n) is 2.95. The Bertz CT molecular complexity index is 542. The van der Waals surface area contributed by atoms with Gasteiger partial charge in [-0.25, -0.2) is 18.0 Å². The summed E-state index contributed by atoms with van der Waals surface area (Å²) in [5, 5.41) is 9.94. The maximum absolute atomic E-state index is 13.3. The Morgan fingerprint density at radius 3 is 2.50 bits per heavy atom. The fraction of sp³-hybridized carbons (Fsp3) is 0.333. The second-order valence-electron chi connectivity index (χ2n) is 4.23. The van der Waals surface area contributed by atoms with Crippen molar-refractivity contribution in [2.75, 3.05) is 20.3 Å². The maximum Gasteiger partial charge on any atom is 0.323 e. The second-order valence-corrected chi connectivity index (χ2v) is 4.23. The highest BCUT2D eigenvalue weighted by Gasteiger charge is 2.37. The minimum absolute atomic E-state index is 0.0131. The monoisotopic (exact) mass is 287 g/mol. The number of nitrogens with zero attached hydrogens (tertiary/aromatic N) is 1. The smallest absolute Gasteiger partial charge is 0.323 e. The third-order valence-corrected chi connectivity index (χ3v) is 2.95. The number of benzene rings is 1. The Hall–Kier alpha value is -2.09. The summed E-state index contributed by atoms with van der Waals surface area (Å²) in [6.45, 7) is 0.333. The van der Waals surface area contributed by atoms with Crippen molar-refractivity contribution in [2.45, 2.75) is 6.04 Å². The number of amides is 2. The Morgan fingerprint density at radius 1 is 1.35 bits per heavy atom. The number of carbonyl (C=O) groups is 1. The molecule has 0 saturated carbocycles. The summed E-state index contributed by atoms with van der Waals surface area (Å²) < 4.78 is 44.3. The number of rotatable bonds is 4. The van der Waals surface area contributed by atoms with E-state index in [4.69, 9.17) is 10.1 Å². The van der Waals surface area contributed by atoms with Crippen LogP contribution in [-0.2, 0) is 4.74 Å². The van der Waals surface area contributed by atoms with E-state index in [0.717, 1.165) is 12.1 Å². The van der Waals surface area contributed by atoms with Gasteiger partial charge < -0.3 is 9.64 Å². The van der Waals surface area contributed by atoms with Crippen molar-refractivity contribution < 1.29 is 22.7 Å². The largest absolute Gasteiger partial charge is 0.383 e. The van der Waals surface area contributed by atoms with E-state index in [2.05, 4.69) is 5.32 Å². The van der Waals surface area contributed by atoms with Crippen LogP contribution in [-0.4, -0.2) is 37.0 Å². The molecule has 1 saturated heterocycles. The minimum atomic E-state index is -1.58. The topological polar surface area (TPSA) is 65.4 Å². The summed E-state index contributed by atoms with van der Waals surface area (Å²) >= 11 is 0. The molecule has 0 spiro atoms. The second kappa shape index (κ2) is 5.49. The van der Waals surface area contributed by atoms with Gasteiger partial charge >= 0.3 is 6.03 Å². The van der Waals surface area contributed by atoms with Crippen molar-refractivity contribution in [3.8, 4) is 0 Å². The van der Waals surface area contributed by atoms with E-state index < -0.39 is 29.5 Å². The first-order valence-electron chi connectivity index (χ1n) is 5.75. The van der Waals surface area contributed by atoms with Crippen molar-refractivity contribution >= 4 is 11.9 Å². The predicted molar refractivity (Wildman–Crippen MR) is 63.9 cm³/mol. The van der Waals surface area contributed by atoms with Gasteiger partial charge in [0.05, 0.1) is 6.61 Å². The molecule has 108 valence electrons. The lowest BCUT2D eigenvalue weighted by Crippen LogP contribution is -2.33. The normalized spacial score (nSPS) is 18.6. The lowest BCUT2D eigenvalue weighted by molar-refractivity contribution is 0.150. The number of halogens is 3. The molecular formula is C12H12F3N3O2. The summed E-state index contributed by atoms with van der Waals surface area (Å²) in [6, 6.07) is -0.000445. The third kappa shape index (κ3) is 2.46. The molecule has 1 aliphatic heterocycles. The molecule has 1 atom stereocenters. The predicted octanol–water partition coefficient (Wildman–Crippen LogP) is 1.79. The Morgan fingerprint density at radius 2 is 1.95 bits per heavy atom. The van der Waals surface area contributed by atoms with Gasteiger partial charge in [-0.15, -0.1) is 0 Å². The maximum atomic E-state index is 13.3. The van der Waals surface area contributed by atoms with E-state index in [1.54, 1.807) is 0 Å². The summed E-state index contributed by atoms with van der Waals surface area (Å²) in [7, 11) is 1.44. The Balaban J connectivity index is 2.37. The van der Waals surface area contributed by atoms with Crippen LogP contribution in [0.5, 0.6) is 0 Å². The molecule has 20 heavy (non-hydrogen) atoms. The van der Waals surface area contributed by atoms with Crippen LogP contribution < -0.4 is 5.32 Å². The summed E-state index contributed by atoms with van der Waals surface area (Å²) in [5.74, 6) is -4.53. The Labute approximate surface area is 112 Å². The lowest BCUT2D eigenvalue weighted by Gasteiger charge is -2.22. The average Bonchev–Trinajstić information content (AvgIpc) is 2.67. The molecule has 0 radical (unpaired) electrons. The highest BCUT2D eigenvalue weighted by atomic mass is 19.2. The van der Waals surface area contributed by atoms with E-state index in [-0.39, 0.29) is 24.6 Å². The SMILES string of the molecule is COCCN1C(=O)NC(=N)C1c1cc(F)c(F)c(F)c1. The van der Waals surface area contributed by atoms with Gasteiger partial charge in [0.1, 0.15) is 11.9 Å². The average molecular weight is 287 g/mol.